The van der Waals surface area contributed by atoms with Crippen molar-refractivity contribution >= 4 is 11.9 Å². The van der Waals surface area contributed by atoms with Gasteiger partial charge in [0.05, 0.1) is 0 Å². The fourth-order valence-electron chi connectivity index (χ4n) is 1.60. The molecule has 2 N–H and O–H groups in total. The first kappa shape index (κ1) is 14.2. The van der Waals surface area contributed by atoms with Gasteiger partial charge in [-0.25, -0.2) is 9.78 Å². The van der Waals surface area contributed by atoms with Gasteiger partial charge in [0.15, 0.2) is 12.1 Å². The molecule has 1 rings (SSSR count). The summed E-state index contributed by atoms with van der Waals surface area (Å²) in [5.74, 6) is -1.24. The molecule has 0 saturated carbocycles. The van der Waals surface area contributed by atoms with Crippen molar-refractivity contribution in [3.05, 3.63) is 17.8 Å². The average molecular weight is 254 g/mol. The second-order valence-corrected chi connectivity index (χ2v) is 4.15. The van der Waals surface area contributed by atoms with Gasteiger partial charge in [-0.15, -0.1) is 0 Å². The Morgan fingerprint density at radius 3 is 2.67 bits per heavy atom. The first-order valence-corrected chi connectivity index (χ1v) is 5.97. The highest BCUT2D eigenvalue weighted by molar-refractivity contribution is 5.95. The Morgan fingerprint density at radius 2 is 2.17 bits per heavy atom. The number of carboxylic acids is 1. The number of carbonyl (C=O) groups is 2. The van der Waals surface area contributed by atoms with Crippen molar-refractivity contribution in [2.75, 3.05) is 0 Å². The van der Waals surface area contributed by atoms with Crippen LogP contribution in [0.4, 0.5) is 0 Å². The number of hydrogen-bond acceptors (Lipinski definition) is 4. The quantitative estimate of drug-likeness (QED) is 0.801. The Balaban J connectivity index is 2.82. The van der Waals surface area contributed by atoms with Gasteiger partial charge in [0.25, 0.3) is 5.91 Å². The maximum atomic E-state index is 11.9. The molecule has 0 aliphatic heterocycles. The van der Waals surface area contributed by atoms with Crippen molar-refractivity contribution in [2.45, 2.75) is 39.7 Å². The van der Waals surface area contributed by atoms with E-state index in [0.29, 0.717) is 18.6 Å². The highest BCUT2D eigenvalue weighted by atomic mass is 16.4. The molecule has 0 aliphatic carbocycles. The monoisotopic (exact) mass is 254 g/mol. The Kier molecular flexibility index (Phi) is 4.88. The minimum absolute atomic E-state index is 0.150. The number of carboxylic acid groups (broad SMARTS) is 1. The molecule has 1 heterocycles. The molecular formula is C12H18N2O4. The molecular weight excluding hydrogens is 236 g/mol. The second-order valence-electron chi connectivity index (χ2n) is 4.15. The largest absolute Gasteiger partial charge is 0.480 e. The van der Waals surface area contributed by atoms with Gasteiger partial charge >= 0.3 is 5.97 Å². The molecule has 6 nitrogen and oxygen atoms in total. The van der Waals surface area contributed by atoms with Crippen LogP contribution >= 0.6 is 0 Å². The number of hydrogen-bond donors (Lipinski definition) is 2. The Labute approximate surface area is 105 Å². The van der Waals surface area contributed by atoms with Crippen molar-refractivity contribution < 1.29 is 19.1 Å². The van der Waals surface area contributed by atoms with E-state index < -0.39 is 17.9 Å². The number of nitrogens with one attached hydrogen (secondary N) is 1. The first-order chi connectivity index (χ1) is 8.51. The predicted molar refractivity (Wildman–Crippen MR) is 64.2 cm³/mol. The molecule has 2 unspecified atom stereocenters. The summed E-state index contributed by atoms with van der Waals surface area (Å²) in [4.78, 5) is 26.8. The standard InChI is InChI=1S/C12H18N2O4/c1-4-7(3)9(12(16)17)14-11(15)10-8(5-2)18-6-13-10/h6-7,9H,4-5H2,1-3H3,(H,14,15)(H,16,17). The number of oxazole rings is 1. The minimum Gasteiger partial charge on any atom is -0.480 e. The molecule has 2 atom stereocenters. The van der Waals surface area contributed by atoms with Crippen LogP contribution in [0.25, 0.3) is 0 Å². The highest BCUT2D eigenvalue weighted by Gasteiger charge is 2.27. The van der Waals surface area contributed by atoms with Crippen LogP contribution in [-0.4, -0.2) is 28.0 Å². The lowest BCUT2D eigenvalue weighted by molar-refractivity contribution is -0.140. The zero-order valence-corrected chi connectivity index (χ0v) is 10.8. The van der Waals surface area contributed by atoms with E-state index in [1.807, 2.05) is 13.8 Å². The average Bonchev–Trinajstić information content (AvgIpc) is 2.82. The van der Waals surface area contributed by atoms with Crippen LogP contribution in [0.15, 0.2) is 10.8 Å². The molecule has 18 heavy (non-hydrogen) atoms. The van der Waals surface area contributed by atoms with E-state index in [1.54, 1.807) is 6.92 Å². The summed E-state index contributed by atoms with van der Waals surface area (Å²) in [5.41, 5.74) is 0.159. The normalized spacial score (nSPS) is 13.9. The molecule has 1 amide bonds. The number of aromatic nitrogens is 1. The lowest BCUT2D eigenvalue weighted by Gasteiger charge is -2.19. The number of amides is 1. The van der Waals surface area contributed by atoms with Crippen molar-refractivity contribution in [1.29, 1.82) is 0 Å². The van der Waals surface area contributed by atoms with E-state index in [9.17, 15) is 9.59 Å². The third-order valence-corrected chi connectivity index (χ3v) is 2.94. The zero-order valence-electron chi connectivity index (χ0n) is 10.8. The zero-order chi connectivity index (χ0) is 13.7. The van der Waals surface area contributed by atoms with E-state index in [1.165, 1.54) is 6.39 Å². The molecule has 0 spiro atoms. The Morgan fingerprint density at radius 1 is 1.50 bits per heavy atom. The minimum atomic E-state index is -1.04. The Hall–Kier alpha value is -1.85. The van der Waals surface area contributed by atoms with Gasteiger partial charge in [0.2, 0.25) is 0 Å². The van der Waals surface area contributed by atoms with E-state index in [0.717, 1.165) is 0 Å². The molecule has 6 heteroatoms. The number of nitrogens with zero attached hydrogens (tertiary/aromatic N) is 1. The fourth-order valence-corrected chi connectivity index (χ4v) is 1.60. The van der Waals surface area contributed by atoms with Gasteiger partial charge in [-0.3, -0.25) is 4.79 Å². The van der Waals surface area contributed by atoms with Crippen molar-refractivity contribution in [2.24, 2.45) is 5.92 Å². The van der Waals surface area contributed by atoms with Crippen molar-refractivity contribution in [3.8, 4) is 0 Å². The molecule has 0 bridgehead atoms. The highest BCUT2D eigenvalue weighted by Crippen LogP contribution is 2.11. The number of aliphatic carboxylic acids is 1. The SMILES string of the molecule is CCc1ocnc1C(=O)NC(C(=O)O)C(C)CC. The summed E-state index contributed by atoms with van der Waals surface area (Å²) in [6.45, 7) is 5.49. The maximum absolute atomic E-state index is 11.9. The molecule has 0 saturated heterocycles. The van der Waals surface area contributed by atoms with Gasteiger partial charge in [0.1, 0.15) is 11.8 Å². The summed E-state index contributed by atoms with van der Waals surface area (Å²) in [6.07, 6.45) is 2.38. The first-order valence-electron chi connectivity index (χ1n) is 5.97. The van der Waals surface area contributed by atoms with Crippen LogP contribution in [-0.2, 0) is 11.2 Å². The van der Waals surface area contributed by atoms with Crippen LogP contribution in [0, 0.1) is 5.92 Å². The van der Waals surface area contributed by atoms with Crippen molar-refractivity contribution in [1.82, 2.24) is 10.3 Å². The van der Waals surface area contributed by atoms with Crippen molar-refractivity contribution in [3.63, 3.8) is 0 Å². The molecule has 0 aromatic carbocycles. The second kappa shape index (κ2) is 6.18. The van der Waals surface area contributed by atoms with Gasteiger partial charge in [-0.05, 0) is 5.92 Å². The van der Waals surface area contributed by atoms with Crippen LogP contribution in [0.1, 0.15) is 43.4 Å². The third-order valence-electron chi connectivity index (χ3n) is 2.94. The van der Waals surface area contributed by atoms with Gasteiger partial charge in [0, 0.05) is 6.42 Å². The smallest absolute Gasteiger partial charge is 0.326 e. The van der Waals surface area contributed by atoms with Gasteiger partial charge < -0.3 is 14.8 Å². The van der Waals surface area contributed by atoms with Crippen LogP contribution in [0.5, 0.6) is 0 Å². The van der Waals surface area contributed by atoms with Crippen LogP contribution < -0.4 is 5.32 Å². The maximum Gasteiger partial charge on any atom is 0.326 e. The molecule has 0 fully saturated rings. The number of carbonyl (C=O) groups excluding carboxylic acids is 1. The van der Waals surface area contributed by atoms with Gasteiger partial charge in [-0.1, -0.05) is 27.2 Å². The Bertz CT molecular complexity index is 427. The fraction of sp³-hybridized carbons (Fsp3) is 0.583. The molecule has 100 valence electrons. The predicted octanol–water partition coefficient (Wildman–Crippen LogP) is 1.47. The summed E-state index contributed by atoms with van der Waals surface area (Å²) in [5, 5.41) is 11.6. The van der Waals surface area contributed by atoms with E-state index in [4.69, 9.17) is 9.52 Å². The topological polar surface area (TPSA) is 92.4 Å². The number of rotatable bonds is 6. The third kappa shape index (κ3) is 3.09. The lowest BCUT2D eigenvalue weighted by Crippen LogP contribution is -2.45. The van der Waals surface area contributed by atoms with Crippen LogP contribution in [0.2, 0.25) is 0 Å². The molecule has 0 radical (unpaired) electrons. The summed E-state index contributed by atoms with van der Waals surface area (Å²) in [7, 11) is 0. The van der Waals surface area contributed by atoms with E-state index >= 15 is 0 Å². The van der Waals surface area contributed by atoms with E-state index in [-0.39, 0.29) is 11.6 Å². The molecule has 1 aromatic heterocycles. The molecule has 1 aromatic rings. The lowest BCUT2D eigenvalue weighted by atomic mass is 9.99. The molecule has 0 aliphatic rings. The summed E-state index contributed by atoms with van der Waals surface area (Å²) in [6, 6.07) is -0.913. The van der Waals surface area contributed by atoms with Crippen LogP contribution in [0.3, 0.4) is 0 Å². The summed E-state index contributed by atoms with van der Waals surface area (Å²) >= 11 is 0. The number of aryl methyl sites for hydroxylation is 1. The van der Waals surface area contributed by atoms with Gasteiger partial charge in [-0.2, -0.15) is 0 Å². The van der Waals surface area contributed by atoms with E-state index in [2.05, 4.69) is 10.3 Å². The summed E-state index contributed by atoms with van der Waals surface area (Å²) < 4.78 is 5.04.